The molecular formula is C32H52N2O23. The summed E-state index contributed by atoms with van der Waals surface area (Å²) in [5.74, 6) is -4.58. The topological polar surface area (TPSA) is 389 Å². The average Bonchev–Trinajstić information content (AvgIpc) is 3.15. The van der Waals surface area contributed by atoms with Crippen LogP contribution in [0.4, 0.5) is 0 Å². The number of hydrogen-bond donors (Lipinski definition) is 13. The van der Waals surface area contributed by atoms with E-state index in [2.05, 4.69) is 10.6 Å². The van der Waals surface area contributed by atoms with Crippen LogP contribution >= 0.6 is 0 Å². The van der Waals surface area contributed by atoms with E-state index in [1.807, 2.05) is 6.92 Å². The van der Waals surface area contributed by atoms with Gasteiger partial charge in [0.25, 0.3) is 0 Å². The third-order valence-electron chi connectivity index (χ3n) is 9.67. The Balaban J connectivity index is 1.61. The molecule has 0 aliphatic carbocycles. The summed E-state index contributed by atoms with van der Waals surface area (Å²) in [7, 11) is 0. The summed E-state index contributed by atoms with van der Waals surface area (Å²) in [6.07, 6.45) is -34.7. The molecule has 25 nitrogen and oxygen atoms in total. The number of carboxylic acid groups (broad SMARTS) is 1. The van der Waals surface area contributed by atoms with E-state index in [1.54, 1.807) is 0 Å². The molecule has 4 saturated heterocycles. The van der Waals surface area contributed by atoms with E-state index in [4.69, 9.17) is 37.9 Å². The summed E-state index contributed by atoms with van der Waals surface area (Å²) in [6, 6.07) is -3.34. The molecule has 4 aliphatic heterocycles. The van der Waals surface area contributed by atoms with Crippen LogP contribution in [0.3, 0.4) is 0 Å². The highest BCUT2D eigenvalue weighted by Crippen LogP contribution is 2.34. The fourth-order valence-electron chi connectivity index (χ4n) is 6.69. The minimum atomic E-state index is -2.29. The number of hydrogen-bond acceptors (Lipinski definition) is 22. The lowest BCUT2D eigenvalue weighted by Crippen LogP contribution is -2.70. The Morgan fingerprint density at radius 3 is 1.60 bits per heavy atom. The number of carboxylic acids is 1. The first-order valence-electron chi connectivity index (χ1n) is 18.0. The number of unbranched alkanes of at least 4 members (excludes halogenated alkanes) is 1. The zero-order valence-corrected chi connectivity index (χ0v) is 30.9. The molecule has 13 N–H and O–H groups in total. The van der Waals surface area contributed by atoms with Gasteiger partial charge < -0.3 is 105 Å². The van der Waals surface area contributed by atoms with Crippen molar-refractivity contribution < 1.29 is 113 Å². The second kappa shape index (κ2) is 20.4. The molecule has 0 bridgehead atoms. The largest absolute Gasteiger partial charge is 0.479 e. The number of carbonyl (C=O) groups excluding carboxylic acids is 3. The lowest BCUT2D eigenvalue weighted by atomic mass is 9.94. The SMILES string of the molecule is CCCCOC(=O)[C@H]1O[C@@H](O[C@H]2[C@H](O)[C@@H](CO)O[C@@H](O[C@H]3[C@H](O)[C@@H](O)[C@H](O[C@H]4[C@H](O)[C@@H](CO)O[C@@H](O)[C@@H]4NC(C)=O)O[C@@H]3C(=O)O)[C@@H]2NC(C)=O)[C@H](O)[C@@H](O)[C@@H]1O. The van der Waals surface area contributed by atoms with Crippen molar-refractivity contribution in [3.8, 4) is 0 Å². The van der Waals surface area contributed by atoms with Crippen LogP contribution in [0.25, 0.3) is 0 Å². The monoisotopic (exact) mass is 832 g/mol. The van der Waals surface area contributed by atoms with Gasteiger partial charge in [0, 0.05) is 13.8 Å². The summed E-state index contributed by atoms with van der Waals surface area (Å²) in [4.78, 5) is 49.5. The standard InChI is InChI=1S/C32H52N2O23/c1-4-5-6-50-29(49)25-18(42)17(41)20(44)31(56-25)54-23-14(34-10(3)38)30(52-12(8-36)16(23)40)55-24-19(43)21(45)32(57-26(24)27(46)47)53-22-13(33-9(2)37)28(48)51-11(7-35)15(22)39/h11-26,28,30-32,35-36,39-45,48H,4-8H2,1-3H3,(H,33,37)(H,34,38)(H,46,47)/t11-,12-,13-,14-,15-,16-,17+,18+,19-,20-,21-,22-,23-,24+,25+,26+,28-,30+,31-,32-/m1/s1. The first-order chi connectivity index (χ1) is 26.9. The van der Waals surface area contributed by atoms with Crippen molar-refractivity contribution in [1.82, 2.24) is 10.6 Å². The Bertz CT molecular complexity index is 1360. The van der Waals surface area contributed by atoms with Crippen molar-refractivity contribution in [2.75, 3.05) is 19.8 Å². The minimum absolute atomic E-state index is 0.0788. The van der Waals surface area contributed by atoms with E-state index < -0.39 is 160 Å². The summed E-state index contributed by atoms with van der Waals surface area (Å²) in [5.41, 5.74) is 0. The number of esters is 1. The quantitative estimate of drug-likeness (QED) is 0.0538. The van der Waals surface area contributed by atoms with Gasteiger partial charge in [0.05, 0.1) is 19.8 Å². The van der Waals surface area contributed by atoms with E-state index >= 15 is 0 Å². The normalized spacial score (nSPS) is 43.8. The van der Waals surface area contributed by atoms with Crippen molar-refractivity contribution in [3.63, 3.8) is 0 Å². The van der Waals surface area contributed by atoms with Crippen LogP contribution in [-0.2, 0) is 57.1 Å². The highest BCUT2D eigenvalue weighted by atomic mass is 16.8. The highest BCUT2D eigenvalue weighted by Gasteiger charge is 2.57. The summed E-state index contributed by atoms with van der Waals surface area (Å²) >= 11 is 0. The minimum Gasteiger partial charge on any atom is -0.479 e. The van der Waals surface area contributed by atoms with Gasteiger partial charge in [-0.1, -0.05) is 13.3 Å². The Morgan fingerprint density at radius 2 is 1.07 bits per heavy atom. The van der Waals surface area contributed by atoms with E-state index in [9.17, 15) is 75.3 Å². The maximum atomic E-state index is 12.7. The molecule has 0 unspecified atom stereocenters. The Hall–Kier alpha value is -2.80. The van der Waals surface area contributed by atoms with Gasteiger partial charge >= 0.3 is 11.9 Å². The molecule has 4 fully saturated rings. The molecule has 0 saturated carbocycles. The fraction of sp³-hybridized carbons (Fsp3) is 0.875. The first kappa shape index (κ1) is 46.9. The van der Waals surface area contributed by atoms with Gasteiger partial charge in [-0.15, -0.1) is 0 Å². The molecule has 4 heterocycles. The van der Waals surface area contributed by atoms with E-state index in [0.717, 1.165) is 13.8 Å². The second-order valence-corrected chi connectivity index (χ2v) is 13.9. The molecule has 25 heteroatoms. The van der Waals surface area contributed by atoms with Crippen LogP contribution in [0.5, 0.6) is 0 Å². The number of nitrogens with one attached hydrogen (secondary N) is 2. The maximum absolute atomic E-state index is 12.7. The van der Waals surface area contributed by atoms with Crippen molar-refractivity contribution in [2.45, 2.75) is 156 Å². The molecule has 20 atom stereocenters. The molecule has 2 amide bonds. The third-order valence-corrected chi connectivity index (χ3v) is 9.67. The van der Waals surface area contributed by atoms with Crippen LogP contribution < -0.4 is 10.6 Å². The van der Waals surface area contributed by atoms with Crippen LogP contribution in [0.2, 0.25) is 0 Å². The average molecular weight is 833 g/mol. The molecule has 0 spiro atoms. The van der Waals surface area contributed by atoms with Crippen LogP contribution in [0, 0.1) is 0 Å². The zero-order valence-electron chi connectivity index (χ0n) is 30.9. The molecule has 4 rings (SSSR count). The predicted molar refractivity (Wildman–Crippen MR) is 176 cm³/mol. The van der Waals surface area contributed by atoms with E-state index in [1.165, 1.54) is 0 Å². The molecule has 0 aromatic rings. The van der Waals surface area contributed by atoms with Gasteiger partial charge in [0.15, 0.2) is 37.4 Å². The van der Waals surface area contributed by atoms with Crippen molar-refractivity contribution in [3.05, 3.63) is 0 Å². The van der Waals surface area contributed by atoms with Gasteiger partial charge in [-0.3, -0.25) is 9.59 Å². The van der Waals surface area contributed by atoms with Crippen molar-refractivity contribution in [1.29, 1.82) is 0 Å². The van der Waals surface area contributed by atoms with Gasteiger partial charge in [-0.2, -0.15) is 0 Å². The molecule has 328 valence electrons. The van der Waals surface area contributed by atoms with Crippen LogP contribution in [-0.4, -0.2) is 222 Å². The lowest BCUT2D eigenvalue weighted by Gasteiger charge is -2.49. The third kappa shape index (κ3) is 10.7. The van der Waals surface area contributed by atoms with Crippen molar-refractivity contribution in [2.24, 2.45) is 0 Å². The van der Waals surface area contributed by atoms with E-state index in [-0.39, 0.29) is 6.61 Å². The fourth-order valence-corrected chi connectivity index (χ4v) is 6.69. The molecule has 0 aromatic carbocycles. The second-order valence-electron chi connectivity index (χ2n) is 13.9. The van der Waals surface area contributed by atoms with Crippen molar-refractivity contribution >= 4 is 23.8 Å². The zero-order chi connectivity index (χ0) is 42.5. The smallest absolute Gasteiger partial charge is 0.338 e. The Labute approximate surface area is 323 Å². The number of rotatable bonds is 15. The van der Waals surface area contributed by atoms with Gasteiger partial charge in [0.1, 0.15) is 85.3 Å². The Kier molecular flexibility index (Phi) is 16.8. The number of carbonyl (C=O) groups is 4. The molecule has 0 aromatic heterocycles. The maximum Gasteiger partial charge on any atom is 0.338 e. The van der Waals surface area contributed by atoms with Gasteiger partial charge in [-0.25, -0.2) is 9.59 Å². The number of amides is 2. The predicted octanol–water partition coefficient (Wildman–Crippen LogP) is -8.02. The van der Waals surface area contributed by atoms with Crippen LogP contribution in [0.15, 0.2) is 0 Å². The number of aliphatic hydroxyl groups excluding tert-OH is 10. The number of aliphatic hydroxyl groups is 10. The molecule has 4 aliphatic rings. The molecular weight excluding hydrogens is 780 g/mol. The molecule has 57 heavy (non-hydrogen) atoms. The number of ether oxygens (including phenoxy) is 8. The summed E-state index contributed by atoms with van der Waals surface area (Å²) in [6.45, 7) is 1.92. The summed E-state index contributed by atoms with van der Waals surface area (Å²) < 4.78 is 43.9. The Morgan fingerprint density at radius 1 is 0.579 bits per heavy atom. The summed E-state index contributed by atoms with van der Waals surface area (Å²) in [5, 5.41) is 121. The van der Waals surface area contributed by atoms with Crippen LogP contribution in [0.1, 0.15) is 33.6 Å². The lowest BCUT2D eigenvalue weighted by molar-refractivity contribution is -0.368. The molecule has 0 radical (unpaired) electrons. The first-order valence-corrected chi connectivity index (χ1v) is 18.0. The van der Waals surface area contributed by atoms with Gasteiger partial charge in [-0.05, 0) is 6.42 Å². The van der Waals surface area contributed by atoms with Gasteiger partial charge in [0.2, 0.25) is 11.8 Å². The highest BCUT2D eigenvalue weighted by molar-refractivity contribution is 5.76. The van der Waals surface area contributed by atoms with E-state index in [0.29, 0.717) is 12.8 Å². The number of aliphatic carboxylic acids is 1.